The second-order valence-corrected chi connectivity index (χ2v) is 7.00. The number of hydrogen-bond acceptors (Lipinski definition) is 5. The first kappa shape index (κ1) is 13.1. The van der Waals surface area contributed by atoms with Crippen LogP contribution in [0.1, 0.15) is 0 Å². The summed E-state index contributed by atoms with van der Waals surface area (Å²) in [6.07, 6.45) is 0. The zero-order chi connectivity index (χ0) is 14.3. The number of fused-ring (bicyclic) bond motifs is 1. The Morgan fingerprint density at radius 2 is 2.10 bits per heavy atom. The van der Waals surface area contributed by atoms with Gasteiger partial charge in [0.2, 0.25) is 10.0 Å². The lowest BCUT2D eigenvalue weighted by Gasteiger charge is -1.96. The number of H-pyrrole nitrogens is 1. The van der Waals surface area contributed by atoms with Gasteiger partial charge in [-0.3, -0.25) is 0 Å². The summed E-state index contributed by atoms with van der Waals surface area (Å²) in [5.41, 5.74) is 1.61. The van der Waals surface area contributed by atoms with Crippen molar-refractivity contribution in [3.63, 3.8) is 0 Å². The van der Waals surface area contributed by atoms with E-state index in [0.29, 0.717) is 10.7 Å². The van der Waals surface area contributed by atoms with Crippen LogP contribution in [0.5, 0.6) is 5.75 Å². The van der Waals surface area contributed by atoms with Crippen LogP contribution in [-0.2, 0) is 10.0 Å². The zero-order valence-corrected chi connectivity index (χ0v) is 12.1. The van der Waals surface area contributed by atoms with Crippen LogP contribution >= 0.6 is 11.3 Å². The summed E-state index contributed by atoms with van der Waals surface area (Å²) < 4.78 is 27.8. The molecule has 104 valence electrons. The van der Waals surface area contributed by atoms with E-state index in [9.17, 15) is 8.42 Å². The molecule has 0 aliphatic rings. The average Bonchev–Trinajstić information content (AvgIpc) is 3.03. The Hall–Kier alpha value is -1.90. The predicted octanol–water partition coefficient (Wildman–Crippen LogP) is 1.95. The van der Waals surface area contributed by atoms with Gasteiger partial charge in [0.25, 0.3) is 0 Å². The Kier molecular flexibility index (Phi) is 3.00. The van der Waals surface area contributed by atoms with Crippen LogP contribution in [0.15, 0.2) is 34.5 Å². The smallest absolute Gasteiger partial charge is 0.247 e. The van der Waals surface area contributed by atoms with E-state index < -0.39 is 10.0 Å². The van der Waals surface area contributed by atoms with Crippen molar-refractivity contribution in [3.05, 3.63) is 30.3 Å². The third-order valence-electron chi connectivity index (χ3n) is 2.78. The van der Waals surface area contributed by atoms with Gasteiger partial charge in [0.05, 0.1) is 23.0 Å². The van der Waals surface area contributed by atoms with Gasteiger partial charge in [0.15, 0.2) is 0 Å². The maximum absolute atomic E-state index is 11.3. The standard InChI is InChI=1S/C12H11N3O3S2/c1-18-7-2-3-8-9(6-7)15-12(14-8)10-4-5-11(19-10)20(13,16)17/h2-6H,1H3,(H,14,15)(H2,13,16,17). The highest BCUT2D eigenvalue weighted by molar-refractivity contribution is 7.91. The van der Waals surface area contributed by atoms with E-state index in [4.69, 9.17) is 9.88 Å². The molecule has 3 N–H and O–H groups in total. The van der Waals surface area contributed by atoms with E-state index in [1.165, 1.54) is 6.07 Å². The molecule has 2 heterocycles. The predicted molar refractivity (Wildman–Crippen MR) is 77.3 cm³/mol. The Bertz CT molecular complexity index is 880. The highest BCUT2D eigenvalue weighted by Crippen LogP contribution is 2.30. The molecular weight excluding hydrogens is 298 g/mol. The number of primary sulfonamides is 1. The van der Waals surface area contributed by atoms with E-state index in [1.807, 2.05) is 18.2 Å². The Morgan fingerprint density at radius 1 is 1.30 bits per heavy atom. The van der Waals surface area contributed by atoms with Gasteiger partial charge in [0, 0.05) is 6.07 Å². The number of nitrogens with two attached hydrogens (primary N) is 1. The van der Waals surface area contributed by atoms with E-state index in [0.717, 1.165) is 28.1 Å². The number of rotatable bonds is 3. The topological polar surface area (TPSA) is 98.1 Å². The maximum atomic E-state index is 11.3. The second-order valence-electron chi connectivity index (χ2n) is 4.13. The van der Waals surface area contributed by atoms with Gasteiger partial charge in [-0.15, -0.1) is 11.3 Å². The molecule has 0 unspecified atom stereocenters. The first-order valence-corrected chi connectivity index (χ1v) is 8.00. The number of imidazole rings is 1. The molecule has 0 atom stereocenters. The summed E-state index contributed by atoms with van der Waals surface area (Å²) >= 11 is 1.08. The van der Waals surface area contributed by atoms with Crippen molar-refractivity contribution in [3.8, 4) is 16.5 Å². The van der Waals surface area contributed by atoms with Crippen LogP contribution in [0.25, 0.3) is 21.7 Å². The third kappa shape index (κ3) is 2.28. The monoisotopic (exact) mass is 309 g/mol. The minimum atomic E-state index is -3.67. The van der Waals surface area contributed by atoms with E-state index in [1.54, 1.807) is 13.2 Å². The highest BCUT2D eigenvalue weighted by Gasteiger charge is 2.14. The molecule has 6 nitrogen and oxygen atoms in total. The number of sulfonamides is 1. The van der Waals surface area contributed by atoms with Crippen molar-refractivity contribution in [2.45, 2.75) is 4.21 Å². The minimum absolute atomic E-state index is 0.116. The molecule has 0 aliphatic heterocycles. The first-order valence-electron chi connectivity index (χ1n) is 5.64. The van der Waals surface area contributed by atoms with Crippen molar-refractivity contribution < 1.29 is 13.2 Å². The molecule has 3 aromatic rings. The fourth-order valence-corrected chi connectivity index (χ4v) is 3.51. The number of thiophene rings is 1. The molecule has 0 saturated heterocycles. The lowest BCUT2D eigenvalue weighted by molar-refractivity contribution is 0.415. The van der Waals surface area contributed by atoms with Gasteiger partial charge in [-0.05, 0) is 24.3 Å². The van der Waals surface area contributed by atoms with E-state index >= 15 is 0 Å². The molecule has 0 saturated carbocycles. The van der Waals surface area contributed by atoms with Crippen molar-refractivity contribution in [1.29, 1.82) is 0 Å². The number of aromatic amines is 1. The summed E-state index contributed by atoms with van der Waals surface area (Å²) in [5, 5.41) is 5.10. The van der Waals surface area contributed by atoms with Crippen LogP contribution in [-0.4, -0.2) is 25.5 Å². The van der Waals surface area contributed by atoms with Crippen LogP contribution in [0, 0.1) is 0 Å². The van der Waals surface area contributed by atoms with Gasteiger partial charge >= 0.3 is 0 Å². The fourth-order valence-electron chi connectivity index (χ4n) is 1.83. The first-order chi connectivity index (χ1) is 9.47. The molecule has 8 heteroatoms. The van der Waals surface area contributed by atoms with Crippen molar-refractivity contribution in [2.75, 3.05) is 7.11 Å². The summed E-state index contributed by atoms with van der Waals surface area (Å²) in [6.45, 7) is 0. The molecule has 20 heavy (non-hydrogen) atoms. The SMILES string of the molecule is COc1ccc2nc(-c3ccc(S(N)(=O)=O)s3)[nH]c2c1. The number of nitrogens with one attached hydrogen (secondary N) is 1. The maximum Gasteiger partial charge on any atom is 0.247 e. The Balaban J connectivity index is 2.08. The lowest BCUT2D eigenvalue weighted by atomic mass is 10.3. The highest BCUT2D eigenvalue weighted by atomic mass is 32.2. The normalized spacial score (nSPS) is 11.9. The molecule has 0 fully saturated rings. The quantitative estimate of drug-likeness (QED) is 0.772. The van der Waals surface area contributed by atoms with Gasteiger partial charge in [-0.1, -0.05) is 0 Å². The number of hydrogen-bond donors (Lipinski definition) is 2. The van der Waals surface area contributed by atoms with Gasteiger partial charge < -0.3 is 9.72 Å². The number of aromatic nitrogens is 2. The van der Waals surface area contributed by atoms with Crippen LogP contribution in [0.4, 0.5) is 0 Å². The van der Waals surface area contributed by atoms with Crippen LogP contribution < -0.4 is 9.88 Å². The van der Waals surface area contributed by atoms with Gasteiger partial charge in [-0.25, -0.2) is 18.5 Å². The average molecular weight is 309 g/mol. The van der Waals surface area contributed by atoms with Gasteiger partial charge in [0.1, 0.15) is 15.8 Å². The minimum Gasteiger partial charge on any atom is -0.497 e. The third-order valence-corrected chi connectivity index (χ3v) is 5.31. The Morgan fingerprint density at radius 3 is 2.75 bits per heavy atom. The number of nitrogens with zero attached hydrogens (tertiary/aromatic N) is 1. The molecule has 2 aromatic heterocycles. The molecule has 1 aromatic carbocycles. The molecular formula is C12H11N3O3S2. The van der Waals surface area contributed by atoms with Crippen molar-refractivity contribution in [1.82, 2.24) is 9.97 Å². The summed E-state index contributed by atoms with van der Waals surface area (Å²) in [5.74, 6) is 1.33. The summed E-state index contributed by atoms with van der Waals surface area (Å²) in [6, 6.07) is 8.64. The van der Waals surface area contributed by atoms with Crippen LogP contribution in [0.3, 0.4) is 0 Å². The van der Waals surface area contributed by atoms with Crippen LogP contribution in [0.2, 0.25) is 0 Å². The fraction of sp³-hybridized carbons (Fsp3) is 0.0833. The molecule has 0 radical (unpaired) electrons. The second kappa shape index (κ2) is 4.58. The largest absolute Gasteiger partial charge is 0.497 e. The molecule has 3 rings (SSSR count). The molecule has 0 amide bonds. The molecule has 0 aliphatic carbocycles. The number of ether oxygens (including phenoxy) is 1. The molecule has 0 spiro atoms. The van der Waals surface area contributed by atoms with Crippen molar-refractivity contribution in [2.24, 2.45) is 5.14 Å². The lowest BCUT2D eigenvalue weighted by Crippen LogP contribution is -2.09. The van der Waals surface area contributed by atoms with Gasteiger partial charge in [-0.2, -0.15) is 0 Å². The number of methoxy groups -OCH3 is 1. The van der Waals surface area contributed by atoms with E-state index in [-0.39, 0.29) is 4.21 Å². The summed E-state index contributed by atoms with van der Waals surface area (Å²) in [4.78, 5) is 8.26. The Labute approximate surface area is 119 Å². The summed E-state index contributed by atoms with van der Waals surface area (Å²) in [7, 11) is -2.08. The zero-order valence-electron chi connectivity index (χ0n) is 10.5. The molecule has 0 bridgehead atoms. The number of benzene rings is 1. The van der Waals surface area contributed by atoms with Crippen molar-refractivity contribution >= 4 is 32.4 Å². The van der Waals surface area contributed by atoms with E-state index in [2.05, 4.69) is 9.97 Å².